The van der Waals surface area contributed by atoms with Crippen molar-refractivity contribution < 1.29 is 10.2 Å². The van der Waals surface area contributed by atoms with Crippen LogP contribution in [0.25, 0.3) is 11.4 Å². The van der Waals surface area contributed by atoms with Gasteiger partial charge in [-0.15, -0.1) is 5.10 Å². The van der Waals surface area contributed by atoms with Gasteiger partial charge in [0.2, 0.25) is 5.95 Å². The van der Waals surface area contributed by atoms with E-state index in [0.29, 0.717) is 24.2 Å². The average molecular weight is 289 g/mol. The van der Waals surface area contributed by atoms with Gasteiger partial charge in [0.25, 0.3) is 0 Å². The van der Waals surface area contributed by atoms with Crippen LogP contribution in [-0.2, 0) is 0 Å². The number of phenols is 2. The summed E-state index contributed by atoms with van der Waals surface area (Å²) in [7, 11) is 0. The first kappa shape index (κ1) is 13.7. The van der Waals surface area contributed by atoms with Crippen LogP contribution in [0.3, 0.4) is 0 Å². The van der Waals surface area contributed by atoms with Gasteiger partial charge < -0.3 is 20.8 Å². The number of benzene rings is 1. The van der Waals surface area contributed by atoms with E-state index in [9.17, 15) is 10.2 Å². The van der Waals surface area contributed by atoms with Crippen LogP contribution in [0.4, 0.5) is 5.95 Å². The monoisotopic (exact) mass is 289 g/mol. The SMILES string of the molecule is NCC1CCCN(c2n[nH]c(-c3c(O)cccc3O)n2)C1. The molecule has 0 amide bonds. The summed E-state index contributed by atoms with van der Waals surface area (Å²) in [5, 5.41) is 26.7. The van der Waals surface area contributed by atoms with Gasteiger partial charge in [0.15, 0.2) is 5.82 Å². The lowest BCUT2D eigenvalue weighted by molar-refractivity contribution is 0.420. The van der Waals surface area contributed by atoms with Crippen LogP contribution in [0.1, 0.15) is 12.8 Å². The number of hydrogen-bond donors (Lipinski definition) is 4. The fourth-order valence-electron chi connectivity index (χ4n) is 2.72. The first-order valence-electron chi connectivity index (χ1n) is 7.07. The van der Waals surface area contributed by atoms with E-state index in [0.717, 1.165) is 25.9 Å². The van der Waals surface area contributed by atoms with Gasteiger partial charge >= 0.3 is 0 Å². The smallest absolute Gasteiger partial charge is 0.245 e. The third-order valence-electron chi connectivity index (χ3n) is 3.87. The predicted octanol–water partition coefficient (Wildman–Crippen LogP) is 1.06. The number of piperidine rings is 1. The summed E-state index contributed by atoms with van der Waals surface area (Å²) in [6.07, 6.45) is 2.19. The Morgan fingerprint density at radius 1 is 1.33 bits per heavy atom. The number of anilines is 1. The fraction of sp³-hybridized carbons (Fsp3) is 0.429. The van der Waals surface area contributed by atoms with Crippen molar-refractivity contribution in [2.75, 3.05) is 24.5 Å². The number of nitrogens with one attached hydrogen (secondary N) is 1. The Morgan fingerprint density at radius 3 is 2.81 bits per heavy atom. The molecular weight excluding hydrogens is 270 g/mol. The van der Waals surface area contributed by atoms with Gasteiger partial charge in [-0.2, -0.15) is 4.98 Å². The molecule has 1 fully saturated rings. The fourth-order valence-corrected chi connectivity index (χ4v) is 2.72. The van der Waals surface area contributed by atoms with Crippen LogP contribution in [0.15, 0.2) is 18.2 Å². The normalized spacial score (nSPS) is 18.9. The Labute approximate surface area is 122 Å². The van der Waals surface area contributed by atoms with Crippen molar-refractivity contribution in [2.24, 2.45) is 11.7 Å². The average Bonchev–Trinajstić information content (AvgIpc) is 2.97. The molecule has 1 aliphatic heterocycles. The van der Waals surface area contributed by atoms with Crippen LogP contribution in [0.5, 0.6) is 11.5 Å². The molecule has 3 rings (SSSR count). The highest BCUT2D eigenvalue weighted by Crippen LogP contribution is 2.35. The Kier molecular flexibility index (Phi) is 3.66. The summed E-state index contributed by atoms with van der Waals surface area (Å²) < 4.78 is 0. The maximum Gasteiger partial charge on any atom is 0.245 e. The minimum Gasteiger partial charge on any atom is -0.507 e. The first-order chi connectivity index (χ1) is 10.2. The number of hydrogen-bond acceptors (Lipinski definition) is 6. The molecule has 0 saturated carbocycles. The number of nitrogens with two attached hydrogens (primary N) is 1. The number of nitrogens with zero attached hydrogens (tertiary/aromatic N) is 3. The highest BCUT2D eigenvalue weighted by Gasteiger charge is 2.23. The van der Waals surface area contributed by atoms with Gasteiger partial charge in [0.05, 0.1) is 0 Å². The molecule has 1 unspecified atom stereocenters. The summed E-state index contributed by atoms with van der Waals surface area (Å²) in [5.41, 5.74) is 6.01. The van der Waals surface area contributed by atoms with Crippen molar-refractivity contribution in [3.63, 3.8) is 0 Å². The van der Waals surface area contributed by atoms with Crippen LogP contribution in [0, 0.1) is 5.92 Å². The van der Waals surface area contributed by atoms with E-state index in [2.05, 4.69) is 20.1 Å². The van der Waals surface area contributed by atoms with E-state index >= 15 is 0 Å². The number of aromatic nitrogens is 3. The summed E-state index contributed by atoms with van der Waals surface area (Å²) in [6, 6.07) is 4.58. The molecule has 1 aliphatic rings. The molecule has 1 aromatic heterocycles. The number of rotatable bonds is 3. The van der Waals surface area contributed by atoms with Crippen LogP contribution >= 0.6 is 0 Å². The number of H-pyrrole nitrogens is 1. The second-order valence-electron chi connectivity index (χ2n) is 5.35. The molecule has 0 radical (unpaired) electrons. The van der Waals surface area contributed by atoms with Crippen molar-refractivity contribution in [1.82, 2.24) is 15.2 Å². The molecule has 7 nitrogen and oxygen atoms in total. The zero-order valence-corrected chi connectivity index (χ0v) is 11.7. The topological polar surface area (TPSA) is 111 Å². The molecule has 21 heavy (non-hydrogen) atoms. The van der Waals surface area contributed by atoms with Crippen LogP contribution in [0.2, 0.25) is 0 Å². The molecule has 0 aliphatic carbocycles. The van der Waals surface area contributed by atoms with E-state index in [4.69, 9.17) is 5.73 Å². The van der Waals surface area contributed by atoms with Crippen molar-refractivity contribution >= 4 is 5.95 Å². The molecule has 112 valence electrons. The third-order valence-corrected chi connectivity index (χ3v) is 3.87. The minimum atomic E-state index is -0.0313. The van der Waals surface area contributed by atoms with E-state index in [-0.39, 0.29) is 17.1 Å². The quantitative estimate of drug-likeness (QED) is 0.672. The molecule has 5 N–H and O–H groups in total. The van der Waals surface area contributed by atoms with E-state index in [1.54, 1.807) is 6.07 Å². The van der Waals surface area contributed by atoms with Gasteiger partial charge in [0.1, 0.15) is 17.1 Å². The summed E-state index contributed by atoms with van der Waals surface area (Å²) in [6.45, 7) is 2.38. The summed E-state index contributed by atoms with van der Waals surface area (Å²) in [5.74, 6) is 1.33. The van der Waals surface area contributed by atoms with Crippen molar-refractivity contribution in [2.45, 2.75) is 12.8 Å². The second-order valence-corrected chi connectivity index (χ2v) is 5.35. The van der Waals surface area contributed by atoms with Gasteiger partial charge in [-0.05, 0) is 37.4 Å². The Bertz CT molecular complexity index is 607. The lowest BCUT2D eigenvalue weighted by Crippen LogP contribution is -2.38. The molecule has 7 heteroatoms. The third kappa shape index (κ3) is 2.64. The molecule has 0 spiro atoms. The molecular formula is C14H19N5O2. The number of aromatic hydroxyl groups is 2. The minimum absolute atomic E-state index is 0.0313. The maximum atomic E-state index is 9.87. The largest absolute Gasteiger partial charge is 0.507 e. The van der Waals surface area contributed by atoms with Crippen molar-refractivity contribution in [1.29, 1.82) is 0 Å². The highest BCUT2D eigenvalue weighted by atomic mass is 16.3. The molecule has 1 aromatic carbocycles. The number of phenolic OH excluding ortho intramolecular Hbond substituents is 2. The van der Waals surface area contributed by atoms with Crippen molar-refractivity contribution in [3.8, 4) is 22.9 Å². The second kappa shape index (κ2) is 5.61. The molecule has 0 bridgehead atoms. The first-order valence-corrected chi connectivity index (χ1v) is 7.07. The zero-order chi connectivity index (χ0) is 14.8. The summed E-state index contributed by atoms with van der Waals surface area (Å²) >= 11 is 0. The highest BCUT2D eigenvalue weighted by molar-refractivity contribution is 5.71. The van der Waals surface area contributed by atoms with Crippen LogP contribution in [-0.4, -0.2) is 45.0 Å². The van der Waals surface area contributed by atoms with E-state index in [1.165, 1.54) is 12.1 Å². The lowest BCUT2D eigenvalue weighted by Gasteiger charge is -2.31. The standard InChI is InChI=1S/C14H19N5O2/c15-7-9-3-2-6-19(8-9)14-16-13(17-18-14)12-10(20)4-1-5-11(12)21/h1,4-5,9,20-21H,2-3,6-8,15H2,(H,16,17,18). The summed E-state index contributed by atoms with van der Waals surface area (Å²) in [4.78, 5) is 6.47. The Hall–Kier alpha value is -2.28. The van der Waals surface area contributed by atoms with Gasteiger partial charge in [0, 0.05) is 13.1 Å². The molecule has 1 atom stereocenters. The van der Waals surface area contributed by atoms with Crippen LogP contribution < -0.4 is 10.6 Å². The Balaban J connectivity index is 1.86. The number of aromatic amines is 1. The van der Waals surface area contributed by atoms with Gasteiger partial charge in [-0.1, -0.05) is 6.07 Å². The van der Waals surface area contributed by atoms with Crippen molar-refractivity contribution in [3.05, 3.63) is 18.2 Å². The molecule has 2 aromatic rings. The Morgan fingerprint density at radius 2 is 2.10 bits per heavy atom. The van der Waals surface area contributed by atoms with Gasteiger partial charge in [-0.25, -0.2) is 0 Å². The maximum absolute atomic E-state index is 9.87. The predicted molar refractivity (Wildman–Crippen MR) is 79.1 cm³/mol. The molecule has 1 saturated heterocycles. The zero-order valence-electron chi connectivity index (χ0n) is 11.7. The molecule has 2 heterocycles. The van der Waals surface area contributed by atoms with E-state index in [1.807, 2.05) is 0 Å². The van der Waals surface area contributed by atoms with Gasteiger partial charge in [-0.3, -0.25) is 5.10 Å². The lowest BCUT2D eigenvalue weighted by atomic mass is 9.99. The van der Waals surface area contributed by atoms with E-state index < -0.39 is 0 Å².